The molecule has 0 atom stereocenters. The first-order chi connectivity index (χ1) is 8.07. The second-order valence-electron chi connectivity index (χ2n) is 3.12. The average molecular weight is 334 g/mol. The first kappa shape index (κ1) is 15.5. The zero-order chi connectivity index (χ0) is 14.1. The third-order valence-corrected chi connectivity index (χ3v) is 4.35. The number of primary sulfonamides is 1. The van der Waals surface area contributed by atoms with Crippen LogP contribution >= 0.6 is 23.2 Å². The lowest BCUT2D eigenvalue weighted by Crippen LogP contribution is -2.26. The fourth-order valence-corrected chi connectivity index (χ4v) is 2.97. The number of halogens is 2. The van der Waals surface area contributed by atoms with Crippen LogP contribution in [0.2, 0.25) is 10.0 Å². The van der Waals surface area contributed by atoms with Crippen molar-refractivity contribution >= 4 is 49.1 Å². The van der Waals surface area contributed by atoms with Gasteiger partial charge in [0.15, 0.2) is 0 Å². The predicted octanol–water partition coefficient (Wildman–Crippen LogP) is 0.517. The molecule has 0 aliphatic rings. The van der Waals surface area contributed by atoms with Gasteiger partial charge in [-0.25, -0.2) is 18.3 Å². The maximum atomic E-state index is 11.3. The summed E-state index contributed by atoms with van der Waals surface area (Å²) >= 11 is 11.5. The Hall–Kier alpha value is -0.580. The van der Waals surface area contributed by atoms with E-state index in [1.807, 2.05) is 9.44 Å². The number of nitrogens with two attached hydrogens (primary N) is 1. The van der Waals surface area contributed by atoms with Gasteiger partial charge in [-0.3, -0.25) is 4.72 Å². The smallest absolute Gasteiger partial charge is 0.268 e. The average Bonchev–Trinajstić information content (AvgIpc) is 2.22. The maximum Gasteiger partial charge on any atom is 0.298 e. The van der Waals surface area contributed by atoms with E-state index in [1.54, 1.807) is 0 Å². The third kappa shape index (κ3) is 3.70. The van der Waals surface area contributed by atoms with Crippen molar-refractivity contribution in [3.63, 3.8) is 0 Å². The van der Waals surface area contributed by atoms with Gasteiger partial charge in [0, 0.05) is 7.05 Å². The van der Waals surface area contributed by atoms with Crippen molar-refractivity contribution in [2.24, 2.45) is 5.14 Å². The van der Waals surface area contributed by atoms with Gasteiger partial charge in [0.25, 0.3) is 10.2 Å². The summed E-state index contributed by atoms with van der Waals surface area (Å²) in [6.45, 7) is 0. The normalized spacial score (nSPS) is 12.4. The SMILES string of the molecule is CNS(=O)(=O)Nc1c(Cl)cc(S(N)(=O)=O)cc1Cl. The van der Waals surface area contributed by atoms with Crippen molar-refractivity contribution in [3.8, 4) is 0 Å². The second-order valence-corrected chi connectivity index (χ2v) is 7.11. The number of nitrogens with one attached hydrogen (secondary N) is 2. The molecule has 0 saturated carbocycles. The van der Waals surface area contributed by atoms with Crippen molar-refractivity contribution in [2.75, 3.05) is 11.8 Å². The number of benzene rings is 1. The number of sulfonamides is 1. The summed E-state index contributed by atoms with van der Waals surface area (Å²) in [5.74, 6) is 0. The third-order valence-electron chi connectivity index (χ3n) is 1.85. The Morgan fingerprint density at radius 3 is 1.89 bits per heavy atom. The lowest BCUT2D eigenvalue weighted by Gasteiger charge is -2.11. The maximum absolute atomic E-state index is 11.3. The molecular weight excluding hydrogens is 325 g/mol. The Morgan fingerprint density at radius 2 is 1.56 bits per heavy atom. The Bertz CT molecular complexity index is 649. The Balaban J connectivity index is 3.35. The van der Waals surface area contributed by atoms with Gasteiger partial charge < -0.3 is 0 Å². The zero-order valence-corrected chi connectivity index (χ0v) is 12.1. The van der Waals surface area contributed by atoms with Crippen LogP contribution in [0.4, 0.5) is 5.69 Å². The monoisotopic (exact) mass is 333 g/mol. The quantitative estimate of drug-likeness (QED) is 0.743. The Morgan fingerprint density at radius 1 is 1.11 bits per heavy atom. The summed E-state index contributed by atoms with van der Waals surface area (Å²) in [6, 6.07) is 1.99. The molecule has 11 heteroatoms. The molecule has 1 aromatic carbocycles. The second kappa shape index (κ2) is 5.19. The molecule has 0 spiro atoms. The summed E-state index contributed by atoms with van der Waals surface area (Å²) in [5, 5.41) is 4.52. The van der Waals surface area contributed by atoms with Gasteiger partial charge in [-0.2, -0.15) is 8.42 Å². The highest BCUT2D eigenvalue weighted by Crippen LogP contribution is 2.33. The lowest BCUT2D eigenvalue weighted by atomic mass is 10.3. The minimum atomic E-state index is -3.98. The van der Waals surface area contributed by atoms with Crippen LogP contribution in [0.25, 0.3) is 0 Å². The van der Waals surface area contributed by atoms with E-state index < -0.39 is 20.2 Å². The van der Waals surface area contributed by atoms with Crippen molar-refractivity contribution in [2.45, 2.75) is 4.90 Å². The molecule has 0 radical (unpaired) electrons. The molecular formula is C7H9Cl2N3O4S2. The Labute approximate surface area is 114 Å². The molecule has 7 nitrogen and oxygen atoms in total. The summed E-state index contributed by atoms with van der Waals surface area (Å²) in [5.41, 5.74) is -0.139. The summed E-state index contributed by atoms with van der Waals surface area (Å²) in [4.78, 5) is -0.315. The van der Waals surface area contributed by atoms with E-state index in [-0.39, 0.29) is 20.6 Å². The molecule has 0 heterocycles. The molecule has 0 saturated heterocycles. The first-order valence-electron chi connectivity index (χ1n) is 4.30. The largest absolute Gasteiger partial charge is 0.298 e. The molecule has 0 aliphatic carbocycles. The van der Waals surface area contributed by atoms with Crippen LogP contribution < -0.4 is 14.6 Å². The summed E-state index contributed by atoms with van der Waals surface area (Å²) < 4.78 is 48.8. The molecule has 0 aliphatic heterocycles. The van der Waals surface area contributed by atoms with Gasteiger partial charge in [-0.15, -0.1) is 0 Å². The highest BCUT2D eigenvalue weighted by molar-refractivity contribution is 7.90. The van der Waals surface area contributed by atoms with Gasteiger partial charge in [0.05, 0.1) is 20.6 Å². The fraction of sp³-hybridized carbons (Fsp3) is 0.143. The van der Waals surface area contributed by atoms with E-state index >= 15 is 0 Å². The molecule has 0 amide bonds. The standard InChI is InChI=1S/C7H9Cl2N3O4S2/c1-11-18(15,16)12-7-5(8)2-4(3-6(7)9)17(10,13)14/h2-3,11-12H,1H3,(H2,10,13,14). The van der Waals surface area contributed by atoms with E-state index in [1.165, 1.54) is 7.05 Å². The van der Waals surface area contributed by atoms with E-state index in [0.717, 1.165) is 12.1 Å². The minimum absolute atomic E-state index is 0.139. The minimum Gasteiger partial charge on any atom is -0.268 e. The van der Waals surface area contributed by atoms with Crippen LogP contribution in [0.1, 0.15) is 0 Å². The van der Waals surface area contributed by atoms with Crippen molar-refractivity contribution in [1.82, 2.24) is 4.72 Å². The predicted molar refractivity (Wildman–Crippen MR) is 69.4 cm³/mol. The summed E-state index contributed by atoms with van der Waals surface area (Å²) in [6.07, 6.45) is 0. The molecule has 0 unspecified atom stereocenters. The molecule has 18 heavy (non-hydrogen) atoms. The number of anilines is 1. The van der Waals surface area contributed by atoms with Gasteiger partial charge in [-0.05, 0) is 12.1 Å². The van der Waals surface area contributed by atoms with Gasteiger partial charge >= 0.3 is 0 Å². The molecule has 1 rings (SSSR count). The number of hydrogen-bond acceptors (Lipinski definition) is 4. The zero-order valence-electron chi connectivity index (χ0n) is 8.94. The lowest BCUT2D eigenvalue weighted by molar-refractivity contribution is 0.593. The van der Waals surface area contributed by atoms with Crippen LogP contribution in [0.5, 0.6) is 0 Å². The van der Waals surface area contributed by atoms with Crippen LogP contribution in [-0.4, -0.2) is 23.9 Å². The van der Waals surface area contributed by atoms with Gasteiger partial charge in [0.1, 0.15) is 0 Å². The number of hydrogen-bond donors (Lipinski definition) is 3. The van der Waals surface area contributed by atoms with Gasteiger partial charge in [0.2, 0.25) is 10.0 Å². The van der Waals surface area contributed by atoms with Crippen LogP contribution in [0.3, 0.4) is 0 Å². The van der Waals surface area contributed by atoms with Crippen molar-refractivity contribution < 1.29 is 16.8 Å². The molecule has 0 bridgehead atoms. The molecule has 4 N–H and O–H groups in total. The fourth-order valence-electron chi connectivity index (χ4n) is 0.997. The molecule has 0 aromatic heterocycles. The molecule has 102 valence electrons. The van der Waals surface area contributed by atoms with Crippen LogP contribution in [-0.2, 0) is 20.2 Å². The topological polar surface area (TPSA) is 118 Å². The molecule has 0 fully saturated rings. The van der Waals surface area contributed by atoms with Crippen molar-refractivity contribution in [1.29, 1.82) is 0 Å². The van der Waals surface area contributed by atoms with Gasteiger partial charge in [-0.1, -0.05) is 23.2 Å². The Kier molecular flexibility index (Phi) is 4.47. The van der Waals surface area contributed by atoms with Crippen molar-refractivity contribution in [3.05, 3.63) is 22.2 Å². The molecule has 1 aromatic rings. The highest BCUT2D eigenvalue weighted by atomic mass is 35.5. The summed E-state index contributed by atoms with van der Waals surface area (Å²) in [7, 11) is -6.61. The first-order valence-corrected chi connectivity index (χ1v) is 8.08. The van der Waals surface area contributed by atoms with E-state index in [9.17, 15) is 16.8 Å². The highest BCUT2D eigenvalue weighted by Gasteiger charge is 2.17. The van der Waals surface area contributed by atoms with Crippen LogP contribution in [0.15, 0.2) is 17.0 Å². The van der Waals surface area contributed by atoms with E-state index in [4.69, 9.17) is 28.3 Å². The van der Waals surface area contributed by atoms with E-state index in [0.29, 0.717) is 0 Å². The van der Waals surface area contributed by atoms with Crippen LogP contribution in [0, 0.1) is 0 Å². The van der Waals surface area contributed by atoms with E-state index in [2.05, 4.69) is 0 Å². The number of rotatable bonds is 4.